The highest BCUT2D eigenvalue weighted by Gasteiger charge is 2.32. The summed E-state index contributed by atoms with van der Waals surface area (Å²) in [6.45, 7) is 3.69. The lowest BCUT2D eigenvalue weighted by molar-refractivity contribution is -0.176. The second kappa shape index (κ2) is 10.8. The Labute approximate surface area is 142 Å². The van der Waals surface area contributed by atoms with E-state index in [1.54, 1.807) is 18.2 Å². The molecule has 0 unspecified atom stereocenters. The quantitative estimate of drug-likeness (QED) is 0.344. The summed E-state index contributed by atoms with van der Waals surface area (Å²) in [5.41, 5.74) is 0. The van der Waals surface area contributed by atoms with Crippen molar-refractivity contribution in [1.82, 2.24) is 0 Å². The summed E-state index contributed by atoms with van der Waals surface area (Å²) in [5, 5.41) is 20.0. The topological polar surface area (TPSA) is 93.1 Å². The molecule has 4 atom stereocenters. The van der Waals surface area contributed by atoms with Crippen molar-refractivity contribution in [3.8, 4) is 0 Å². The number of aliphatic hydroxyl groups is 2. The Bertz CT molecular complexity index is 494. The molecule has 0 aliphatic carbocycles. The molecule has 0 aromatic heterocycles. The third kappa shape index (κ3) is 6.68. The summed E-state index contributed by atoms with van der Waals surface area (Å²) in [7, 11) is 0. The highest BCUT2D eigenvalue weighted by Crippen LogP contribution is 2.17. The predicted molar refractivity (Wildman–Crippen MR) is 89.0 cm³/mol. The molecule has 1 aliphatic rings. The summed E-state index contributed by atoms with van der Waals surface area (Å²) in [5.74, 6) is -1.34. The van der Waals surface area contributed by atoms with Crippen molar-refractivity contribution in [2.45, 2.75) is 63.9 Å². The van der Waals surface area contributed by atoms with Crippen molar-refractivity contribution in [3.05, 3.63) is 36.5 Å². The zero-order valence-corrected chi connectivity index (χ0v) is 14.1. The first-order valence-electron chi connectivity index (χ1n) is 8.22. The standard InChI is InChI=1S/C18H26O6/c1-3-5-6-12-16(20)23-15-11-8-7-10-13(19)17(21)14(9-4-2)24-18(15)22/h3,5-7,10,12-15,17,19,21H,4,8-9,11H2,1-2H3/b5-3+,10-7+,12-6+/t13-,14+,15-,17+/m1/s1. The van der Waals surface area contributed by atoms with Gasteiger partial charge in [-0.15, -0.1) is 0 Å². The van der Waals surface area contributed by atoms with Crippen LogP contribution in [0.15, 0.2) is 36.5 Å². The van der Waals surface area contributed by atoms with Gasteiger partial charge in [0.15, 0.2) is 6.10 Å². The van der Waals surface area contributed by atoms with Crippen LogP contribution in [0.1, 0.15) is 39.5 Å². The fraction of sp³-hybridized carbons (Fsp3) is 0.556. The smallest absolute Gasteiger partial charge is 0.347 e. The molecule has 0 saturated heterocycles. The fourth-order valence-corrected chi connectivity index (χ4v) is 2.28. The van der Waals surface area contributed by atoms with Gasteiger partial charge in [0.05, 0.1) is 0 Å². The van der Waals surface area contributed by atoms with Crippen molar-refractivity contribution >= 4 is 11.9 Å². The van der Waals surface area contributed by atoms with Crippen molar-refractivity contribution in [2.75, 3.05) is 0 Å². The summed E-state index contributed by atoms with van der Waals surface area (Å²) in [6, 6.07) is 0. The van der Waals surface area contributed by atoms with Gasteiger partial charge in [-0.1, -0.05) is 43.7 Å². The molecule has 1 heterocycles. The van der Waals surface area contributed by atoms with Gasteiger partial charge in [-0.2, -0.15) is 0 Å². The molecule has 24 heavy (non-hydrogen) atoms. The van der Waals surface area contributed by atoms with E-state index in [0.717, 1.165) is 0 Å². The number of ether oxygens (including phenoxy) is 2. The van der Waals surface area contributed by atoms with E-state index in [2.05, 4.69) is 0 Å². The molecule has 0 bridgehead atoms. The number of carbonyl (C=O) groups is 2. The Morgan fingerprint density at radius 1 is 1.42 bits per heavy atom. The minimum absolute atomic E-state index is 0.250. The first-order valence-corrected chi connectivity index (χ1v) is 8.22. The second-order valence-electron chi connectivity index (χ2n) is 5.56. The monoisotopic (exact) mass is 338 g/mol. The minimum atomic E-state index is -1.21. The van der Waals surface area contributed by atoms with Crippen molar-refractivity contribution in [2.24, 2.45) is 0 Å². The van der Waals surface area contributed by atoms with Crippen LogP contribution in [-0.2, 0) is 19.1 Å². The maximum atomic E-state index is 12.3. The van der Waals surface area contributed by atoms with Crippen LogP contribution < -0.4 is 0 Å². The molecule has 0 aromatic rings. The van der Waals surface area contributed by atoms with Crippen LogP contribution >= 0.6 is 0 Å². The molecule has 0 fully saturated rings. The Balaban J connectivity index is 2.84. The van der Waals surface area contributed by atoms with Gasteiger partial charge in [0.25, 0.3) is 0 Å². The largest absolute Gasteiger partial charge is 0.457 e. The average molecular weight is 338 g/mol. The molecule has 0 saturated carbocycles. The van der Waals surface area contributed by atoms with E-state index in [0.29, 0.717) is 19.3 Å². The first-order chi connectivity index (χ1) is 11.5. The molecule has 0 spiro atoms. The molecule has 1 rings (SSSR count). The fourth-order valence-electron chi connectivity index (χ4n) is 2.28. The SMILES string of the molecule is C/C=C/C=C/C(=O)O[C@@H]1CC/C=C/[C@@H](O)[C@H](O)[C@H](CCC)OC1=O. The van der Waals surface area contributed by atoms with Crippen molar-refractivity contribution in [1.29, 1.82) is 0 Å². The maximum Gasteiger partial charge on any atom is 0.347 e. The second-order valence-corrected chi connectivity index (χ2v) is 5.56. The van der Waals surface area contributed by atoms with E-state index in [1.165, 1.54) is 18.2 Å². The van der Waals surface area contributed by atoms with Gasteiger partial charge in [-0.3, -0.25) is 0 Å². The number of rotatable bonds is 5. The molecule has 2 N–H and O–H groups in total. The van der Waals surface area contributed by atoms with Crippen LogP contribution in [0.25, 0.3) is 0 Å². The Hall–Kier alpha value is -1.92. The zero-order valence-electron chi connectivity index (χ0n) is 14.1. The number of hydrogen-bond acceptors (Lipinski definition) is 6. The van der Waals surface area contributed by atoms with Gasteiger partial charge < -0.3 is 19.7 Å². The summed E-state index contributed by atoms with van der Waals surface area (Å²) in [6.07, 6.45) is 6.83. The van der Waals surface area contributed by atoms with Gasteiger partial charge in [-0.25, -0.2) is 9.59 Å². The van der Waals surface area contributed by atoms with E-state index in [9.17, 15) is 19.8 Å². The molecule has 0 amide bonds. The number of cyclic esters (lactones) is 1. The van der Waals surface area contributed by atoms with E-state index >= 15 is 0 Å². The normalized spacial score (nSPS) is 30.2. The average Bonchev–Trinajstić information content (AvgIpc) is 2.55. The molecular weight excluding hydrogens is 312 g/mol. The molecule has 6 heteroatoms. The maximum absolute atomic E-state index is 12.3. The zero-order chi connectivity index (χ0) is 17.9. The van der Waals surface area contributed by atoms with Gasteiger partial charge in [-0.05, 0) is 26.2 Å². The summed E-state index contributed by atoms with van der Waals surface area (Å²) >= 11 is 0. The number of hydrogen-bond donors (Lipinski definition) is 2. The highest BCUT2D eigenvalue weighted by atomic mass is 16.6. The Morgan fingerprint density at radius 2 is 2.17 bits per heavy atom. The van der Waals surface area contributed by atoms with Crippen LogP contribution in [0.2, 0.25) is 0 Å². The van der Waals surface area contributed by atoms with Crippen molar-refractivity contribution < 1.29 is 29.3 Å². The molecule has 1 aliphatic heterocycles. The van der Waals surface area contributed by atoms with E-state index in [-0.39, 0.29) is 6.42 Å². The predicted octanol–water partition coefficient (Wildman–Crippen LogP) is 1.81. The Kier molecular flexibility index (Phi) is 9.04. The van der Waals surface area contributed by atoms with Gasteiger partial charge >= 0.3 is 11.9 Å². The minimum Gasteiger partial charge on any atom is -0.457 e. The van der Waals surface area contributed by atoms with E-state index < -0.39 is 36.4 Å². The highest BCUT2D eigenvalue weighted by molar-refractivity contribution is 5.85. The lowest BCUT2D eigenvalue weighted by Gasteiger charge is -2.27. The molecule has 6 nitrogen and oxygen atoms in total. The summed E-state index contributed by atoms with van der Waals surface area (Å²) in [4.78, 5) is 24.0. The Morgan fingerprint density at radius 3 is 2.83 bits per heavy atom. The van der Waals surface area contributed by atoms with Crippen LogP contribution in [0.4, 0.5) is 0 Å². The van der Waals surface area contributed by atoms with Gasteiger partial charge in [0, 0.05) is 6.08 Å². The number of allylic oxidation sites excluding steroid dienone is 4. The van der Waals surface area contributed by atoms with Gasteiger partial charge in [0.1, 0.15) is 18.3 Å². The molecular formula is C18H26O6. The third-order valence-corrected chi connectivity index (χ3v) is 3.56. The van der Waals surface area contributed by atoms with Crippen LogP contribution in [0.5, 0.6) is 0 Å². The lowest BCUT2D eigenvalue weighted by Crippen LogP contribution is -2.42. The van der Waals surface area contributed by atoms with Gasteiger partial charge in [0.2, 0.25) is 0 Å². The number of aliphatic hydroxyl groups excluding tert-OH is 2. The van der Waals surface area contributed by atoms with E-state index in [4.69, 9.17) is 9.47 Å². The third-order valence-electron chi connectivity index (χ3n) is 3.56. The molecule has 0 radical (unpaired) electrons. The lowest BCUT2D eigenvalue weighted by atomic mass is 10.0. The number of carbonyl (C=O) groups excluding carboxylic acids is 2. The molecule has 134 valence electrons. The van der Waals surface area contributed by atoms with Crippen LogP contribution in [-0.4, -0.2) is 46.6 Å². The molecule has 0 aromatic carbocycles. The summed E-state index contributed by atoms with van der Waals surface area (Å²) < 4.78 is 10.4. The van der Waals surface area contributed by atoms with Crippen LogP contribution in [0, 0.1) is 0 Å². The van der Waals surface area contributed by atoms with E-state index in [1.807, 2.05) is 13.8 Å². The first kappa shape index (κ1) is 20.1. The van der Waals surface area contributed by atoms with Crippen LogP contribution in [0.3, 0.4) is 0 Å². The van der Waals surface area contributed by atoms with Crippen molar-refractivity contribution in [3.63, 3.8) is 0 Å². The number of esters is 2.